The molecule has 0 saturated heterocycles. The van der Waals surface area contributed by atoms with E-state index in [1.807, 2.05) is 0 Å². The number of nitrogens with zero attached hydrogens (tertiary/aromatic N) is 2. The summed E-state index contributed by atoms with van der Waals surface area (Å²) < 4.78 is 7.22. The van der Waals surface area contributed by atoms with Gasteiger partial charge in [0.15, 0.2) is 12.0 Å². The number of benzene rings is 1. The molecule has 0 aliphatic carbocycles. The molecule has 0 atom stereocenters. The summed E-state index contributed by atoms with van der Waals surface area (Å²) in [6.45, 7) is 0. The van der Waals surface area contributed by atoms with Crippen molar-refractivity contribution >= 4 is 17.8 Å². The molecule has 1 amide bonds. The predicted octanol–water partition coefficient (Wildman–Crippen LogP) is 2.04. The van der Waals surface area contributed by atoms with E-state index in [1.165, 1.54) is 0 Å². The van der Waals surface area contributed by atoms with Crippen LogP contribution in [-0.4, -0.2) is 21.6 Å². The van der Waals surface area contributed by atoms with Gasteiger partial charge in [0.1, 0.15) is 11.4 Å². The molecule has 0 bridgehead atoms. The van der Waals surface area contributed by atoms with Crippen LogP contribution in [0, 0.1) is 0 Å². The van der Waals surface area contributed by atoms with Crippen molar-refractivity contribution in [2.45, 2.75) is 0 Å². The lowest BCUT2D eigenvalue weighted by atomic mass is 10.2. The molecule has 2 N–H and O–H groups in total. The van der Waals surface area contributed by atoms with Crippen molar-refractivity contribution in [1.29, 1.82) is 0 Å². The Kier molecular flexibility index (Phi) is 3.12. The van der Waals surface area contributed by atoms with E-state index < -0.39 is 5.91 Å². The van der Waals surface area contributed by atoms with Crippen LogP contribution in [0.2, 0.25) is 0 Å². The number of hydrogen-bond acceptors (Lipinski definition) is 4. The second kappa shape index (κ2) is 5.09. The minimum Gasteiger partial charge on any atom is -0.436 e. The van der Waals surface area contributed by atoms with Crippen molar-refractivity contribution in [2.24, 2.45) is 5.73 Å². The Bertz CT molecular complexity index is 839. The molecule has 6 heteroatoms. The average Bonchev–Trinajstić information content (AvgIpc) is 2.84. The summed E-state index contributed by atoms with van der Waals surface area (Å²) in [6.07, 6.45) is 2.36. The fourth-order valence-corrected chi connectivity index (χ4v) is 2.04. The van der Waals surface area contributed by atoms with E-state index >= 15 is 0 Å². The average molecular weight is 281 g/mol. The van der Waals surface area contributed by atoms with Crippen LogP contribution in [0.1, 0.15) is 20.8 Å². The fourth-order valence-electron chi connectivity index (χ4n) is 2.04. The molecular formula is C15H11N3O3. The Morgan fingerprint density at radius 2 is 1.95 bits per heavy atom. The van der Waals surface area contributed by atoms with E-state index in [0.717, 1.165) is 0 Å². The van der Waals surface area contributed by atoms with Gasteiger partial charge in [-0.2, -0.15) is 4.98 Å². The topological polar surface area (TPSA) is 86.7 Å². The van der Waals surface area contributed by atoms with E-state index in [9.17, 15) is 9.59 Å². The number of pyridine rings is 1. The smallest absolute Gasteiger partial charge is 0.252 e. The Labute approximate surface area is 119 Å². The van der Waals surface area contributed by atoms with Crippen molar-refractivity contribution in [1.82, 2.24) is 9.38 Å². The number of nitrogens with two attached hydrogens (primary N) is 1. The molecule has 3 rings (SSSR count). The third kappa shape index (κ3) is 2.23. The standard InChI is InChI=1S/C15H11N3O3/c16-14(20)10-5-1-2-6-12(10)21-15-11(9-19)18-8-4-3-7-13(18)17-15/h1-9H,(H2,16,20). The highest BCUT2D eigenvalue weighted by molar-refractivity contribution is 5.95. The maximum atomic E-state index is 11.4. The maximum absolute atomic E-state index is 11.4. The molecule has 3 aromatic rings. The summed E-state index contributed by atoms with van der Waals surface area (Å²) in [4.78, 5) is 26.9. The highest BCUT2D eigenvalue weighted by atomic mass is 16.5. The molecule has 0 saturated carbocycles. The Morgan fingerprint density at radius 3 is 2.71 bits per heavy atom. The summed E-state index contributed by atoms with van der Waals surface area (Å²) in [5.74, 6) is -0.219. The van der Waals surface area contributed by atoms with Crippen LogP contribution in [0.25, 0.3) is 5.65 Å². The second-order valence-corrected chi connectivity index (χ2v) is 4.31. The highest BCUT2D eigenvalue weighted by Gasteiger charge is 2.16. The summed E-state index contributed by atoms with van der Waals surface area (Å²) >= 11 is 0. The molecule has 2 heterocycles. The normalized spacial score (nSPS) is 10.5. The monoisotopic (exact) mass is 281 g/mol. The minimum atomic E-state index is -0.609. The number of imidazole rings is 1. The zero-order chi connectivity index (χ0) is 14.8. The van der Waals surface area contributed by atoms with Gasteiger partial charge in [-0.3, -0.25) is 14.0 Å². The maximum Gasteiger partial charge on any atom is 0.252 e. The van der Waals surface area contributed by atoms with Crippen molar-refractivity contribution in [3.05, 3.63) is 59.9 Å². The Balaban J connectivity index is 2.10. The quantitative estimate of drug-likeness (QED) is 0.741. The van der Waals surface area contributed by atoms with Gasteiger partial charge in [-0.05, 0) is 24.3 Å². The third-order valence-corrected chi connectivity index (χ3v) is 3.00. The molecule has 0 aliphatic heterocycles. The first-order chi connectivity index (χ1) is 10.2. The van der Waals surface area contributed by atoms with Crippen LogP contribution in [0.15, 0.2) is 48.7 Å². The minimum absolute atomic E-state index is 0.130. The first-order valence-electron chi connectivity index (χ1n) is 6.19. The van der Waals surface area contributed by atoms with E-state index in [1.54, 1.807) is 53.1 Å². The van der Waals surface area contributed by atoms with Gasteiger partial charge < -0.3 is 10.5 Å². The first kappa shape index (κ1) is 12.9. The van der Waals surface area contributed by atoms with Gasteiger partial charge in [-0.15, -0.1) is 0 Å². The summed E-state index contributed by atoms with van der Waals surface area (Å²) in [5, 5.41) is 0. The predicted molar refractivity (Wildman–Crippen MR) is 75.6 cm³/mol. The number of amides is 1. The van der Waals surface area contributed by atoms with Crippen LogP contribution in [0.4, 0.5) is 0 Å². The van der Waals surface area contributed by atoms with Crippen LogP contribution in [0.3, 0.4) is 0 Å². The number of rotatable bonds is 4. The van der Waals surface area contributed by atoms with E-state index in [4.69, 9.17) is 10.5 Å². The lowest BCUT2D eigenvalue weighted by Crippen LogP contribution is -2.12. The van der Waals surface area contributed by atoms with E-state index in [-0.39, 0.29) is 22.9 Å². The molecule has 0 aliphatic rings. The van der Waals surface area contributed by atoms with Gasteiger partial charge in [-0.25, -0.2) is 0 Å². The number of hydrogen-bond donors (Lipinski definition) is 1. The van der Waals surface area contributed by atoms with Crippen molar-refractivity contribution < 1.29 is 14.3 Å². The third-order valence-electron chi connectivity index (χ3n) is 3.00. The first-order valence-corrected chi connectivity index (χ1v) is 6.19. The molecule has 0 radical (unpaired) electrons. The van der Waals surface area contributed by atoms with E-state index in [0.29, 0.717) is 11.9 Å². The van der Waals surface area contributed by atoms with Crippen LogP contribution in [0.5, 0.6) is 11.6 Å². The summed E-state index contributed by atoms with van der Waals surface area (Å²) in [5.41, 5.74) is 6.37. The molecule has 1 aromatic carbocycles. The van der Waals surface area contributed by atoms with Crippen molar-refractivity contribution in [2.75, 3.05) is 0 Å². The molecule has 6 nitrogen and oxygen atoms in total. The summed E-state index contributed by atoms with van der Waals surface area (Å²) in [7, 11) is 0. The second-order valence-electron chi connectivity index (χ2n) is 4.31. The van der Waals surface area contributed by atoms with Gasteiger partial charge >= 0.3 is 0 Å². The number of aldehydes is 1. The number of carbonyl (C=O) groups is 2. The number of primary amides is 1. The lowest BCUT2D eigenvalue weighted by Gasteiger charge is -2.06. The number of ether oxygens (including phenoxy) is 1. The number of fused-ring (bicyclic) bond motifs is 1. The van der Waals surface area contributed by atoms with Crippen LogP contribution < -0.4 is 10.5 Å². The van der Waals surface area contributed by atoms with Gasteiger partial charge in [0.05, 0.1) is 5.56 Å². The van der Waals surface area contributed by atoms with Gasteiger partial charge in [0, 0.05) is 6.20 Å². The SMILES string of the molecule is NC(=O)c1ccccc1Oc1nc2ccccn2c1C=O. The zero-order valence-corrected chi connectivity index (χ0v) is 10.9. The molecule has 2 aromatic heterocycles. The number of carbonyl (C=O) groups excluding carboxylic acids is 2. The lowest BCUT2D eigenvalue weighted by molar-refractivity contribution is 0.0998. The summed E-state index contributed by atoms with van der Waals surface area (Å²) in [6, 6.07) is 11.9. The Morgan fingerprint density at radius 1 is 1.19 bits per heavy atom. The molecule has 21 heavy (non-hydrogen) atoms. The molecule has 104 valence electrons. The Hall–Kier alpha value is -3.15. The molecule has 0 fully saturated rings. The molecule has 0 unspecified atom stereocenters. The van der Waals surface area contributed by atoms with E-state index in [2.05, 4.69) is 4.98 Å². The molecular weight excluding hydrogens is 270 g/mol. The zero-order valence-electron chi connectivity index (χ0n) is 10.9. The van der Waals surface area contributed by atoms with Gasteiger partial charge in [0.2, 0.25) is 5.88 Å². The highest BCUT2D eigenvalue weighted by Crippen LogP contribution is 2.27. The van der Waals surface area contributed by atoms with Crippen LogP contribution in [-0.2, 0) is 0 Å². The fraction of sp³-hybridized carbons (Fsp3) is 0. The van der Waals surface area contributed by atoms with Crippen molar-refractivity contribution in [3.8, 4) is 11.6 Å². The molecule has 0 spiro atoms. The van der Waals surface area contributed by atoms with Gasteiger partial charge in [0.25, 0.3) is 5.91 Å². The number of para-hydroxylation sites is 1. The van der Waals surface area contributed by atoms with Crippen molar-refractivity contribution in [3.63, 3.8) is 0 Å². The van der Waals surface area contributed by atoms with Gasteiger partial charge in [-0.1, -0.05) is 18.2 Å². The largest absolute Gasteiger partial charge is 0.436 e. The van der Waals surface area contributed by atoms with Crippen LogP contribution >= 0.6 is 0 Å². The number of aromatic nitrogens is 2.